The number of aliphatic hydroxyl groups is 2. The molecule has 0 amide bonds. The van der Waals surface area contributed by atoms with Crippen LogP contribution in [-0.4, -0.2) is 34.5 Å². The van der Waals surface area contributed by atoms with E-state index in [0.717, 1.165) is 50.5 Å². The Labute approximate surface area is 242 Å². The lowest BCUT2D eigenvalue weighted by Gasteiger charge is -2.17. The predicted molar refractivity (Wildman–Crippen MR) is 166 cm³/mol. The number of hydrogen-bond acceptors (Lipinski definition) is 4. The molecule has 1 aliphatic heterocycles. The van der Waals surface area contributed by atoms with Crippen molar-refractivity contribution >= 4 is 5.97 Å². The molecule has 4 nitrogen and oxygen atoms in total. The third-order valence-electron chi connectivity index (χ3n) is 8.48. The Bertz CT molecular complexity index is 587. The molecule has 0 aromatic heterocycles. The molecule has 0 bridgehead atoms. The first-order valence-electron chi connectivity index (χ1n) is 17.3. The smallest absolute Gasteiger partial charge is 0.334 e. The molecule has 1 aliphatic rings. The summed E-state index contributed by atoms with van der Waals surface area (Å²) in [4.78, 5) is 11.6. The summed E-state index contributed by atoms with van der Waals surface area (Å²) in [6.07, 6.45) is 34.1. The van der Waals surface area contributed by atoms with E-state index in [1.165, 1.54) is 128 Å². The zero-order valence-corrected chi connectivity index (χ0v) is 26.1. The van der Waals surface area contributed by atoms with Gasteiger partial charge in [0.1, 0.15) is 6.10 Å². The standard InChI is InChI=1S/C35H66O4/c1-3-4-5-6-7-8-9-10-11-12-16-19-22-25-28-33(36)34(37)29-26-23-20-17-14-13-15-18-21-24-27-32-30-31(2)39-35(32)38/h30-31,33-34,36-37H,3-29H2,1-2H3/t31-,33+,34-/m1/s1. The van der Waals surface area contributed by atoms with Crippen LogP contribution in [0.1, 0.15) is 187 Å². The van der Waals surface area contributed by atoms with Crippen LogP contribution in [0.25, 0.3) is 0 Å². The van der Waals surface area contributed by atoms with E-state index in [4.69, 9.17) is 4.74 Å². The van der Waals surface area contributed by atoms with E-state index in [0.29, 0.717) is 0 Å². The maximum Gasteiger partial charge on any atom is 0.334 e. The van der Waals surface area contributed by atoms with E-state index in [2.05, 4.69) is 6.92 Å². The molecule has 0 aromatic carbocycles. The molecule has 0 fully saturated rings. The van der Waals surface area contributed by atoms with Crippen molar-refractivity contribution in [3.05, 3.63) is 11.6 Å². The molecule has 0 saturated carbocycles. The highest BCUT2D eigenvalue weighted by atomic mass is 16.5. The van der Waals surface area contributed by atoms with Crippen molar-refractivity contribution in [1.82, 2.24) is 0 Å². The van der Waals surface area contributed by atoms with Gasteiger partial charge in [0, 0.05) is 5.57 Å². The number of cyclic esters (lactones) is 1. The molecule has 1 heterocycles. The highest BCUT2D eigenvalue weighted by Crippen LogP contribution is 2.20. The van der Waals surface area contributed by atoms with Crippen molar-refractivity contribution in [3.8, 4) is 0 Å². The highest BCUT2D eigenvalue weighted by molar-refractivity contribution is 5.90. The van der Waals surface area contributed by atoms with Gasteiger partial charge in [0.15, 0.2) is 0 Å². The van der Waals surface area contributed by atoms with Crippen molar-refractivity contribution in [2.75, 3.05) is 0 Å². The Balaban J connectivity index is 1.77. The maximum absolute atomic E-state index is 11.6. The van der Waals surface area contributed by atoms with Gasteiger partial charge in [0.25, 0.3) is 0 Å². The molecular weight excluding hydrogens is 484 g/mol. The quantitative estimate of drug-likeness (QED) is 0.0718. The minimum Gasteiger partial charge on any atom is -0.455 e. The van der Waals surface area contributed by atoms with Crippen molar-refractivity contribution in [1.29, 1.82) is 0 Å². The van der Waals surface area contributed by atoms with Crippen LogP contribution in [0.2, 0.25) is 0 Å². The van der Waals surface area contributed by atoms with E-state index < -0.39 is 12.2 Å². The summed E-state index contributed by atoms with van der Waals surface area (Å²) < 4.78 is 5.14. The summed E-state index contributed by atoms with van der Waals surface area (Å²) in [6.45, 7) is 4.19. The summed E-state index contributed by atoms with van der Waals surface area (Å²) in [6, 6.07) is 0. The van der Waals surface area contributed by atoms with Gasteiger partial charge in [-0.1, -0.05) is 155 Å². The van der Waals surface area contributed by atoms with Gasteiger partial charge in [-0.3, -0.25) is 0 Å². The van der Waals surface area contributed by atoms with Crippen LogP contribution in [0.3, 0.4) is 0 Å². The van der Waals surface area contributed by atoms with Crippen LogP contribution >= 0.6 is 0 Å². The Morgan fingerprint density at radius 3 is 1.26 bits per heavy atom. The second-order valence-electron chi connectivity index (χ2n) is 12.4. The Morgan fingerprint density at radius 1 is 0.590 bits per heavy atom. The van der Waals surface area contributed by atoms with Crippen LogP contribution < -0.4 is 0 Å². The summed E-state index contributed by atoms with van der Waals surface area (Å²) in [5.41, 5.74) is 0.870. The highest BCUT2D eigenvalue weighted by Gasteiger charge is 2.21. The lowest BCUT2D eigenvalue weighted by molar-refractivity contribution is -0.139. The average molecular weight is 551 g/mol. The Hall–Kier alpha value is -0.870. The predicted octanol–water partition coefficient (Wildman–Crippen LogP) is 10.1. The van der Waals surface area contributed by atoms with Crippen molar-refractivity contribution in [2.45, 2.75) is 206 Å². The molecule has 0 unspecified atom stereocenters. The van der Waals surface area contributed by atoms with Gasteiger partial charge in [0.05, 0.1) is 12.2 Å². The van der Waals surface area contributed by atoms with E-state index in [9.17, 15) is 15.0 Å². The summed E-state index contributed by atoms with van der Waals surface area (Å²) in [5.74, 6) is -0.116. The second-order valence-corrected chi connectivity index (χ2v) is 12.4. The number of aliphatic hydroxyl groups excluding tert-OH is 2. The SMILES string of the molecule is CCCCCCCCCCCCCCCC[C@H](O)[C@H](O)CCCCCCCCCCCCC1=C[C@@H](C)OC1=O. The molecule has 0 spiro atoms. The van der Waals surface area contributed by atoms with E-state index in [1.807, 2.05) is 13.0 Å². The Morgan fingerprint density at radius 2 is 0.923 bits per heavy atom. The van der Waals surface area contributed by atoms with Gasteiger partial charge in [-0.2, -0.15) is 0 Å². The molecule has 0 saturated heterocycles. The normalized spacial score (nSPS) is 16.9. The van der Waals surface area contributed by atoms with E-state index >= 15 is 0 Å². The minimum atomic E-state index is -0.544. The van der Waals surface area contributed by atoms with E-state index in [1.54, 1.807) is 0 Å². The zero-order chi connectivity index (χ0) is 28.4. The number of ether oxygens (including phenoxy) is 1. The van der Waals surface area contributed by atoms with Gasteiger partial charge in [-0.15, -0.1) is 0 Å². The number of hydrogen-bond donors (Lipinski definition) is 2. The third kappa shape index (κ3) is 21.5. The molecule has 2 N–H and O–H groups in total. The first kappa shape index (κ1) is 36.2. The fourth-order valence-corrected chi connectivity index (χ4v) is 5.83. The van der Waals surface area contributed by atoms with Crippen LogP contribution in [0.5, 0.6) is 0 Å². The first-order valence-corrected chi connectivity index (χ1v) is 17.3. The first-order chi connectivity index (χ1) is 19.0. The average Bonchev–Trinajstić information content (AvgIpc) is 3.25. The maximum atomic E-state index is 11.6. The fraction of sp³-hybridized carbons (Fsp3) is 0.914. The second kappa shape index (κ2) is 26.1. The monoisotopic (exact) mass is 550 g/mol. The largest absolute Gasteiger partial charge is 0.455 e. The van der Waals surface area contributed by atoms with Gasteiger partial charge >= 0.3 is 5.97 Å². The number of esters is 1. The third-order valence-corrected chi connectivity index (χ3v) is 8.48. The Kier molecular flexibility index (Phi) is 24.2. The van der Waals surface area contributed by atoms with Gasteiger partial charge in [-0.25, -0.2) is 4.79 Å². The van der Waals surface area contributed by atoms with Gasteiger partial charge < -0.3 is 14.9 Å². The van der Waals surface area contributed by atoms with Crippen molar-refractivity contribution < 1.29 is 19.7 Å². The minimum absolute atomic E-state index is 0.0420. The molecule has 4 heteroatoms. The zero-order valence-electron chi connectivity index (χ0n) is 26.1. The molecule has 1 rings (SSSR count). The number of rotatable bonds is 29. The summed E-state index contributed by atoms with van der Waals surface area (Å²) in [7, 11) is 0. The molecule has 3 atom stereocenters. The van der Waals surface area contributed by atoms with Crippen LogP contribution in [0.15, 0.2) is 11.6 Å². The number of carbonyl (C=O) groups excluding carboxylic acids is 1. The summed E-state index contributed by atoms with van der Waals surface area (Å²) >= 11 is 0. The molecule has 0 aromatic rings. The van der Waals surface area contributed by atoms with E-state index in [-0.39, 0.29) is 12.1 Å². The van der Waals surface area contributed by atoms with Crippen molar-refractivity contribution in [3.63, 3.8) is 0 Å². The lowest BCUT2D eigenvalue weighted by atomic mass is 9.99. The number of carbonyl (C=O) groups is 1. The summed E-state index contributed by atoms with van der Waals surface area (Å²) in [5, 5.41) is 20.6. The van der Waals surface area contributed by atoms with Crippen LogP contribution in [-0.2, 0) is 9.53 Å². The lowest BCUT2D eigenvalue weighted by Crippen LogP contribution is -2.25. The van der Waals surface area contributed by atoms with Crippen LogP contribution in [0.4, 0.5) is 0 Å². The molecule has 0 radical (unpaired) electrons. The molecule has 230 valence electrons. The number of unbranched alkanes of at least 4 members (excludes halogenated alkanes) is 22. The fourth-order valence-electron chi connectivity index (χ4n) is 5.83. The van der Waals surface area contributed by atoms with Gasteiger partial charge in [-0.05, 0) is 38.7 Å². The van der Waals surface area contributed by atoms with Crippen molar-refractivity contribution in [2.24, 2.45) is 0 Å². The molecule has 39 heavy (non-hydrogen) atoms. The molecule has 0 aliphatic carbocycles. The molecular formula is C35H66O4. The topological polar surface area (TPSA) is 66.8 Å². The van der Waals surface area contributed by atoms with Gasteiger partial charge in [0.2, 0.25) is 0 Å². The van der Waals surface area contributed by atoms with Crippen LogP contribution in [0, 0.1) is 0 Å².